The third-order valence-electron chi connectivity index (χ3n) is 3.03. The minimum absolute atomic E-state index is 0.205. The molecule has 0 radical (unpaired) electrons. The molecule has 0 aromatic heterocycles. The Balaban J connectivity index is 2.40. The number of nitrogens with zero attached hydrogens (tertiary/aromatic N) is 1. The summed E-state index contributed by atoms with van der Waals surface area (Å²) in [6.07, 6.45) is 2.62. The van der Waals surface area contributed by atoms with Gasteiger partial charge in [-0.15, -0.1) is 0 Å². The van der Waals surface area contributed by atoms with Crippen molar-refractivity contribution in [1.29, 1.82) is 0 Å². The highest BCUT2D eigenvalue weighted by Gasteiger charge is 2.16. The average Bonchev–Trinajstić information content (AvgIpc) is 2.42. The predicted octanol–water partition coefficient (Wildman–Crippen LogP) is 1.99. The number of sulfonamides is 1. The van der Waals surface area contributed by atoms with E-state index < -0.39 is 16.0 Å². The number of hydrogen-bond donors (Lipinski definition) is 2. The Hall–Kier alpha value is -1.60. The Kier molecular flexibility index (Phi) is 6.64. The lowest BCUT2D eigenvalue weighted by atomic mass is 10.2. The zero-order chi connectivity index (χ0) is 15.9. The van der Waals surface area contributed by atoms with Gasteiger partial charge in [0.05, 0.1) is 4.90 Å². The molecule has 21 heavy (non-hydrogen) atoms. The van der Waals surface area contributed by atoms with Crippen LogP contribution >= 0.6 is 0 Å². The Bertz CT molecular complexity index is 553. The number of carboxylic acid groups (broad SMARTS) is 1. The Labute approximate surface area is 125 Å². The summed E-state index contributed by atoms with van der Waals surface area (Å²) >= 11 is 0. The van der Waals surface area contributed by atoms with Gasteiger partial charge < -0.3 is 10.4 Å². The molecular formula is C14H22N2O4S. The van der Waals surface area contributed by atoms with E-state index in [1.54, 1.807) is 24.3 Å². The molecule has 0 amide bonds. The summed E-state index contributed by atoms with van der Waals surface area (Å²) < 4.78 is 25.0. The van der Waals surface area contributed by atoms with Crippen LogP contribution in [-0.4, -0.2) is 44.4 Å². The first-order valence-corrected chi connectivity index (χ1v) is 8.26. The highest BCUT2D eigenvalue weighted by Crippen LogP contribution is 2.16. The molecule has 0 spiro atoms. The van der Waals surface area contributed by atoms with Crippen molar-refractivity contribution in [2.75, 3.05) is 26.0 Å². The van der Waals surface area contributed by atoms with Crippen molar-refractivity contribution in [3.05, 3.63) is 24.3 Å². The van der Waals surface area contributed by atoms with E-state index in [4.69, 9.17) is 5.11 Å². The summed E-state index contributed by atoms with van der Waals surface area (Å²) in [4.78, 5) is 10.6. The summed E-state index contributed by atoms with van der Waals surface area (Å²) in [5, 5.41) is 11.7. The van der Waals surface area contributed by atoms with E-state index in [2.05, 4.69) is 5.32 Å². The predicted molar refractivity (Wildman–Crippen MR) is 81.9 cm³/mol. The monoisotopic (exact) mass is 314 g/mol. The first-order valence-electron chi connectivity index (χ1n) is 6.82. The van der Waals surface area contributed by atoms with Crippen LogP contribution in [0.2, 0.25) is 0 Å². The molecule has 1 aromatic carbocycles. The van der Waals surface area contributed by atoms with Gasteiger partial charge in [0, 0.05) is 32.7 Å². The maximum Gasteiger partial charge on any atom is 0.303 e. The number of rotatable bonds is 9. The number of carbonyl (C=O) groups is 1. The van der Waals surface area contributed by atoms with Crippen molar-refractivity contribution >= 4 is 21.7 Å². The second kappa shape index (κ2) is 7.99. The van der Waals surface area contributed by atoms with Crippen molar-refractivity contribution in [3.63, 3.8) is 0 Å². The fraction of sp³-hybridized carbons (Fsp3) is 0.500. The van der Waals surface area contributed by atoms with Crippen molar-refractivity contribution in [2.45, 2.75) is 30.6 Å². The summed E-state index contributed by atoms with van der Waals surface area (Å²) in [7, 11) is -0.387. The number of benzene rings is 1. The molecule has 1 aromatic rings. The highest BCUT2D eigenvalue weighted by molar-refractivity contribution is 7.89. The molecule has 0 aliphatic rings. The van der Waals surface area contributed by atoms with Crippen LogP contribution in [0, 0.1) is 0 Å². The molecule has 6 nitrogen and oxygen atoms in total. The van der Waals surface area contributed by atoms with Crippen LogP contribution in [0.4, 0.5) is 5.69 Å². The van der Waals surface area contributed by atoms with E-state index in [0.717, 1.165) is 25.1 Å². The van der Waals surface area contributed by atoms with Gasteiger partial charge in [0.2, 0.25) is 10.0 Å². The SMILES string of the molecule is CN(C)S(=O)(=O)c1ccc(NCCCCCC(=O)O)cc1. The van der Waals surface area contributed by atoms with Crippen molar-refractivity contribution < 1.29 is 18.3 Å². The van der Waals surface area contributed by atoms with Gasteiger partial charge in [-0.2, -0.15) is 0 Å². The molecule has 7 heteroatoms. The molecule has 0 bridgehead atoms. The van der Waals surface area contributed by atoms with E-state index in [0.29, 0.717) is 6.42 Å². The lowest BCUT2D eigenvalue weighted by molar-refractivity contribution is -0.137. The third kappa shape index (κ3) is 5.73. The number of carboxylic acids is 1. The Morgan fingerprint density at radius 3 is 2.29 bits per heavy atom. The summed E-state index contributed by atoms with van der Waals surface area (Å²) in [6.45, 7) is 0.736. The van der Waals surface area contributed by atoms with Gasteiger partial charge >= 0.3 is 5.97 Å². The molecule has 0 saturated heterocycles. The van der Waals surface area contributed by atoms with Gasteiger partial charge in [-0.05, 0) is 37.1 Å². The molecule has 0 heterocycles. The molecule has 0 aliphatic heterocycles. The van der Waals surface area contributed by atoms with Crippen LogP contribution in [0.3, 0.4) is 0 Å². The Morgan fingerprint density at radius 2 is 1.76 bits per heavy atom. The first kappa shape index (κ1) is 17.5. The zero-order valence-electron chi connectivity index (χ0n) is 12.4. The van der Waals surface area contributed by atoms with Gasteiger partial charge in [-0.25, -0.2) is 12.7 Å². The zero-order valence-corrected chi connectivity index (χ0v) is 13.2. The number of hydrogen-bond acceptors (Lipinski definition) is 4. The van der Waals surface area contributed by atoms with Crippen molar-refractivity contribution in [1.82, 2.24) is 4.31 Å². The van der Waals surface area contributed by atoms with Gasteiger partial charge in [-0.1, -0.05) is 6.42 Å². The molecular weight excluding hydrogens is 292 g/mol. The molecule has 0 unspecified atom stereocenters. The van der Waals surface area contributed by atoms with Crippen LogP contribution in [0.1, 0.15) is 25.7 Å². The number of aliphatic carboxylic acids is 1. The van der Waals surface area contributed by atoms with Gasteiger partial charge in [0.1, 0.15) is 0 Å². The molecule has 2 N–H and O–H groups in total. The molecule has 0 fully saturated rings. The third-order valence-corrected chi connectivity index (χ3v) is 4.86. The normalized spacial score (nSPS) is 11.6. The fourth-order valence-electron chi connectivity index (χ4n) is 1.77. The van der Waals surface area contributed by atoms with Crippen LogP contribution in [0.15, 0.2) is 29.2 Å². The molecule has 0 atom stereocenters. The largest absolute Gasteiger partial charge is 0.481 e. The van der Waals surface area contributed by atoms with Gasteiger partial charge in [-0.3, -0.25) is 4.79 Å². The number of nitrogens with one attached hydrogen (secondary N) is 1. The summed E-state index contributed by atoms with van der Waals surface area (Å²) in [5.74, 6) is -0.763. The van der Waals surface area contributed by atoms with Crippen LogP contribution in [-0.2, 0) is 14.8 Å². The average molecular weight is 314 g/mol. The lowest BCUT2D eigenvalue weighted by Gasteiger charge is -2.12. The van der Waals surface area contributed by atoms with E-state index in [1.807, 2.05) is 0 Å². The molecule has 1 rings (SSSR count). The summed E-state index contributed by atoms with van der Waals surface area (Å²) in [6, 6.07) is 6.60. The summed E-state index contributed by atoms with van der Waals surface area (Å²) in [5.41, 5.74) is 0.853. The minimum atomic E-state index is -3.38. The van der Waals surface area contributed by atoms with Crippen LogP contribution in [0.5, 0.6) is 0 Å². The van der Waals surface area contributed by atoms with Crippen LogP contribution in [0.25, 0.3) is 0 Å². The first-order chi connectivity index (χ1) is 9.84. The maximum absolute atomic E-state index is 11.9. The van der Waals surface area contributed by atoms with Gasteiger partial charge in [0.15, 0.2) is 0 Å². The Morgan fingerprint density at radius 1 is 1.14 bits per heavy atom. The van der Waals surface area contributed by atoms with Gasteiger partial charge in [0.25, 0.3) is 0 Å². The fourth-order valence-corrected chi connectivity index (χ4v) is 2.67. The molecule has 118 valence electrons. The number of anilines is 1. The van der Waals surface area contributed by atoms with E-state index >= 15 is 0 Å². The number of unbranched alkanes of at least 4 members (excludes halogenated alkanes) is 2. The second-order valence-electron chi connectivity index (χ2n) is 4.94. The van der Waals surface area contributed by atoms with E-state index in [-0.39, 0.29) is 11.3 Å². The minimum Gasteiger partial charge on any atom is -0.481 e. The molecule has 0 saturated carbocycles. The standard InChI is InChI=1S/C14H22N2O4S/c1-16(2)21(19,20)13-9-7-12(8-10-13)15-11-5-3-4-6-14(17)18/h7-10,15H,3-6,11H2,1-2H3,(H,17,18). The van der Waals surface area contributed by atoms with Crippen LogP contribution < -0.4 is 5.32 Å². The van der Waals surface area contributed by atoms with Crippen molar-refractivity contribution in [2.24, 2.45) is 0 Å². The van der Waals surface area contributed by atoms with Crippen molar-refractivity contribution in [3.8, 4) is 0 Å². The maximum atomic E-state index is 11.9. The quantitative estimate of drug-likeness (QED) is 0.681. The topological polar surface area (TPSA) is 86.7 Å². The highest BCUT2D eigenvalue weighted by atomic mass is 32.2. The molecule has 0 aliphatic carbocycles. The smallest absolute Gasteiger partial charge is 0.303 e. The van der Waals surface area contributed by atoms with E-state index in [9.17, 15) is 13.2 Å². The second-order valence-corrected chi connectivity index (χ2v) is 7.09. The van der Waals surface area contributed by atoms with E-state index in [1.165, 1.54) is 18.4 Å². The lowest BCUT2D eigenvalue weighted by Crippen LogP contribution is -2.22.